The third kappa shape index (κ3) is 18.9. The molecule has 0 saturated heterocycles. The van der Waals surface area contributed by atoms with Crippen molar-refractivity contribution in [1.82, 2.24) is 0 Å². The molecule has 0 bridgehead atoms. The lowest BCUT2D eigenvalue weighted by Gasteiger charge is -2.06. The molecule has 0 atom stereocenters. The van der Waals surface area contributed by atoms with Gasteiger partial charge in [0.2, 0.25) is 0 Å². The third-order valence-electron chi connectivity index (χ3n) is 4.11. The number of hydrogen-bond acceptors (Lipinski definition) is 6. The monoisotopic (exact) mass is 374 g/mol. The van der Waals surface area contributed by atoms with Gasteiger partial charge in [-0.2, -0.15) is 19.4 Å². The summed E-state index contributed by atoms with van der Waals surface area (Å²) < 4.78 is 9.63. The highest BCUT2D eigenvalue weighted by molar-refractivity contribution is 5.63. The maximum absolute atomic E-state index is 11.2. The van der Waals surface area contributed by atoms with Gasteiger partial charge in [-0.3, -0.25) is 0 Å². The Morgan fingerprint density at radius 1 is 0.500 bits per heavy atom. The fourth-order valence-corrected chi connectivity index (χ4v) is 2.55. The van der Waals surface area contributed by atoms with Crippen molar-refractivity contribution in [3.05, 3.63) is 0 Å². The molecule has 0 amide bonds. The minimum Gasteiger partial charge on any atom is -0.432 e. The van der Waals surface area contributed by atoms with Gasteiger partial charge in [0.25, 0.3) is 0 Å². The molecule has 0 aliphatic heterocycles. The summed E-state index contributed by atoms with van der Waals surface area (Å²) in [5.74, 6) is 0. The van der Waals surface area contributed by atoms with Crippen molar-refractivity contribution >= 4 is 12.3 Å². The lowest BCUT2D eigenvalue weighted by molar-refractivity contribution is -0.217. The molecule has 0 radical (unpaired) electrons. The van der Waals surface area contributed by atoms with E-state index in [2.05, 4.69) is 23.6 Å². The fourth-order valence-electron chi connectivity index (χ4n) is 2.55. The van der Waals surface area contributed by atoms with Crippen molar-refractivity contribution < 1.29 is 28.8 Å². The molecule has 0 aromatic carbocycles. The molecule has 0 fully saturated rings. The van der Waals surface area contributed by atoms with Gasteiger partial charge in [-0.1, -0.05) is 90.9 Å². The summed E-state index contributed by atoms with van der Waals surface area (Å²) in [6, 6.07) is 0. The molecule has 26 heavy (non-hydrogen) atoms. The van der Waals surface area contributed by atoms with Gasteiger partial charge in [-0.05, 0) is 12.8 Å². The molecule has 0 aromatic heterocycles. The van der Waals surface area contributed by atoms with Gasteiger partial charge < -0.3 is 9.47 Å². The van der Waals surface area contributed by atoms with Crippen LogP contribution in [0.25, 0.3) is 0 Å². The van der Waals surface area contributed by atoms with Crippen molar-refractivity contribution in [3.63, 3.8) is 0 Å². The van der Waals surface area contributed by atoms with Gasteiger partial charge in [0.15, 0.2) is 0 Å². The molecule has 0 saturated carbocycles. The van der Waals surface area contributed by atoms with E-state index in [0.29, 0.717) is 0 Å². The number of ether oxygens (including phenoxy) is 2. The topological polar surface area (TPSA) is 71.1 Å². The molecule has 0 N–H and O–H groups in total. The van der Waals surface area contributed by atoms with Crippen molar-refractivity contribution in [2.45, 2.75) is 104 Å². The summed E-state index contributed by atoms with van der Waals surface area (Å²) in [6.07, 6.45) is 13.8. The van der Waals surface area contributed by atoms with Crippen molar-refractivity contribution in [2.24, 2.45) is 0 Å². The summed E-state index contributed by atoms with van der Waals surface area (Å²) in [4.78, 5) is 31.0. The van der Waals surface area contributed by atoms with E-state index >= 15 is 0 Å². The average Bonchev–Trinajstić information content (AvgIpc) is 2.64. The Morgan fingerprint density at radius 3 is 1.15 bits per heavy atom. The van der Waals surface area contributed by atoms with E-state index in [9.17, 15) is 9.59 Å². The number of rotatable bonds is 16. The van der Waals surface area contributed by atoms with Gasteiger partial charge in [-0.25, -0.2) is 0 Å². The Kier molecular flexibility index (Phi) is 18.7. The third-order valence-corrected chi connectivity index (χ3v) is 4.11. The highest BCUT2D eigenvalue weighted by Crippen LogP contribution is 2.08. The molecule has 0 spiro atoms. The van der Waals surface area contributed by atoms with Crippen LogP contribution in [0.5, 0.6) is 0 Å². The van der Waals surface area contributed by atoms with Gasteiger partial charge in [0, 0.05) is 0 Å². The lowest BCUT2D eigenvalue weighted by Crippen LogP contribution is -2.14. The van der Waals surface area contributed by atoms with E-state index in [1.54, 1.807) is 0 Å². The first-order valence-corrected chi connectivity index (χ1v) is 10.4. The Morgan fingerprint density at radius 2 is 0.808 bits per heavy atom. The molecule has 6 heteroatoms. The second-order valence-electron chi connectivity index (χ2n) is 6.61. The first-order chi connectivity index (χ1) is 12.7. The SMILES string of the molecule is CCCCCCCCCOC(=O)OOC(=O)OCCCCCCCCC. The Bertz CT molecular complexity index is 300. The maximum atomic E-state index is 11.2. The minimum absolute atomic E-state index is 0.267. The molecule has 0 unspecified atom stereocenters. The first-order valence-electron chi connectivity index (χ1n) is 10.4. The lowest BCUT2D eigenvalue weighted by atomic mass is 10.1. The van der Waals surface area contributed by atoms with Gasteiger partial charge in [0.1, 0.15) is 0 Å². The van der Waals surface area contributed by atoms with E-state index in [4.69, 9.17) is 9.47 Å². The van der Waals surface area contributed by atoms with Crippen molar-refractivity contribution in [2.75, 3.05) is 13.2 Å². The normalized spacial score (nSPS) is 10.4. The molecular formula is C20H38O6. The molecule has 0 aliphatic rings. The standard InChI is InChI=1S/C20H38O6/c1-3-5-7-9-11-13-15-17-23-19(21)25-26-20(22)24-18-16-14-12-10-8-6-4-2/h3-18H2,1-2H3. The molecular weight excluding hydrogens is 336 g/mol. The van der Waals surface area contributed by atoms with Crippen LogP contribution in [0, 0.1) is 0 Å². The maximum Gasteiger partial charge on any atom is 0.549 e. The van der Waals surface area contributed by atoms with E-state index in [1.165, 1.54) is 51.4 Å². The zero-order valence-corrected chi connectivity index (χ0v) is 16.8. The minimum atomic E-state index is -1.01. The number of carbonyl (C=O) groups excluding carboxylic acids is 2. The van der Waals surface area contributed by atoms with Crippen molar-refractivity contribution in [1.29, 1.82) is 0 Å². The van der Waals surface area contributed by atoms with Crippen LogP contribution in [-0.2, 0) is 19.2 Å². The van der Waals surface area contributed by atoms with E-state index in [0.717, 1.165) is 38.5 Å². The highest BCUT2D eigenvalue weighted by Gasteiger charge is 2.11. The average molecular weight is 375 g/mol. The van der Waals surface area contributed by atoms with Gasteiger partial charge >= 0.3 is 12.3 Å². The van der Waals surface area contributed by atoms with Crippen LogP contribution in [0.4, 0.5) is 9.59 Å². The molecule has 0 aromatic rings. The van der Waals surface area contributed by atoms with Crippen LogP contribution < -0.4 is 0 Å². The van der Waals surface area contributed by atoms with Crippen LogP contribution in [0.3, 0.4) is 0 Å². The second-order valence-corrected chi connectivity index (χ2v) is 6.61. The second kappa shape index (κ2) is 19.9. The van der Waals surface area contributed by atoms with Gasteiger partial charge in [0.05, 0.1) is 13.2 Å². The van der Waals surface area contributed by atoms with Crippen LogP contribution in [0.15, 0.2) is 0 Å². The van der Waals surface area contributed by atoms with Crippen LogP contribution in [0.1, 0.15) is 104 Å². The molecule has 0 heterocycles. The van der Waals surface area contributed by atoms with E-state index in [1.807, 2.05) is 0 Å². The number of carbonyl (C=O) groups is 2. The zero-order valence-electron chi connectivity index (χ0n) is 16.8. The Hall–Kier alpha value is -1.46. The fraction of sp³-hybridized carbons (Fsp3) is 0.900. The van der Waals surface area contributed by atoms with Gasteiger partial charge in [-0.15, -0.1) is 0 Å². The van der Waals surface area contributed by atoms with E-state index in [-0.39, 0.29) is 13.2 Å². The summed E-state index contributed by atoms with van der Waals surface area (Å²) in [6.45, 7) is 4.91. The number of unbranched alkanes of at least 4 members (excludes halogenated alkanes) is 12. The smallest absolute Gasteiger partial charge is 0.432 e. The van der Waals surface area contributed by atoms with Crippen LogP contribution in [-0.4, -0.2) is 25.5 Å². The van der Waals surface area contributed by atoms with Crippen molar-refractivity contribution in [3.8, 4) is 0 Å². The predicted molar refractivity (Wildman–Crippen MR) is 101 cm³/mol. The zero-order chi connectivity index (χ0) is 19.3. The summed E-state index contributed by atoms with van der Waals surface area (Å²) >= 11 is 0. The van der Waals surface area contributed by atoms with Crippen LogP contribution >= 0.6 is 0 Å². The number of hydrogen-bond donors (Lipinski definition) is 0. The quantitative estimate of drug-likeness (QED) is 0.129. The van der Waals surface area contributed by atoms with E-state index < -0.39 is 12.3 Å². The molecule has 0 rings (SSSR count). The largest absolute Gasteiger partial charge is 0.549 e. The summed E-state index contributed by atoms with van der Waals surface area (Å²) in [5.41, 5.74) is 0. The first kappa shape index (κ1) is 24.5. The Labute approximate surface area is 158 Å². The summed E-state index contributed by atoms with van der Waals surface area (Å²) in [7, 11) is 0. The van der Waals surface area contributed by atoms with Crippen LogP contribution in [0.2, 0.25) is 0 Å². The Balaban J connectivity index is 3.33. The molecule has 154 valence electrons. The highest BCUT2D eigenvalue weighted by atomic mass is 17.3. The molecule has 0 aliphatic carbocycles. The summed E-state index contributed by atoms with van der Waals surface area (Å²) in [5, 5.41) is 0. The molecule has 6 nitrogen and oxygen atoms in total. The predicted octanol–water partition coefficient (Wildman–Crippen LogP) is 6.71.